The highest BCUT2D eigenvalue weighted by Gasteiger charge is 2.20. The van der Waals surface area contributed by atoms with Gasteiger partial charge in [0, 0.05) is 58.7 Å². The van der Waals surface area contributed by atoms with Crippen LogP contribution in [0, 0.1) is 0 Å². The molecule has 1 saturated heterocycles. The third-order valence-electron chi connectivity index (χ3n) is 5.57. The first-order valence-corrected chi connectivity index (χ1v) is 12.0. The maximum atomic E-state index is 6.68. The summed E-state index contributed by atoms with van der Waals surface area (Å²) in [5.74, 6) is 2.48. The number of likely N-dealkylation sites (N-methyl/N-ethyl adjacent to an activating group) is 1. The molecule has 0 spiro atoms. The molecule has 0 aliphatic carbocycles. The van der Waals surface area contributed by atoms with E-state index in [-0.39, 0.29) is 0 Å². The molecular weight excluding hydrogens is 520 g/mol. The molecule has 2 aromatic heterocycles. The number of anilines is 6. The smallest absolute Gasteiger partial charge is 0.229 e. The number of aromatic nitrogens is 3. The van der Waals surface area contributed by atoms with Gasteiger partial charge in [-0.15, -0.1) is 0 Å². The second-order valence-electron chi connectivity index (χ2n) is 8.20. The monoisotopic (exact) mass is 546 g/mol. The number of methoxy groups -OCH3 is 1. The van der Waals surface area contributed by atoms with Crippen molar-refractivity contribution in [3.8, 4) is 5.75 Å². The summed E-state index contributed by atoms with van der Waals surface area (Å²) in [6.45, 7) is 3.82. The first-order chi connectivity index (χ1) is 16.4. The summed E-state index contributed by atoms with van der Waals surface area (Å²) in [5, 5.41) is 7.23. The van der Waals surface area contributed by atoms with E-state index >= 15 is 0 Å². The fraction of sp³-hybridized carbons (Fsp3) is 0.348. The SMILES string of the molecule is COc1cc(N2CCN(C)CC2)c(Cl)cc1Nc1ncc(Br)c(Nc2cccnc2N(C)C)n1. The summed E-state index contributed by atoms with van der Waals surface area (Å²) in [5.41, 5.74) is 2.48. The number of hydrogen-bond donors (Lipinski definition) is 2. The van der Waals surface area contributed by atoms with E-state index in [1.54, 1.807) is 19.5 Å². The first-order valence-electron chi connectivity index (χ1n) is 10.9. The number of rotatable bonds is 7. The van der Waals surface area contributed by atoms with E-state index in [0.29, 0.717) is 28.2 Å². The van der Waals surface area contributed by atoms with Crippen LogP contribution in [0.1, 0.15) is 0 Å². The lowest BCUT2D eigenvalue weighted by Gasteiger charge is -2.34. The van der Waals surface area contributed by atoms with Crippen LogP contribution in [0.4, 0.5) is 34.6 Å². The number of nitrogens with one attached hydrogen (secondary N) is 2. The Morgan fingerprint density at radius 1 is 1.09 bits per heavy atom. The van der Waals surface area contributed by atoms with Crippen molar-refractivity contribution in [2.75, 3.05) is 74.9 Å². The minimum absolute atomic E-state index is 0.405. The Balaban J connectivity index is 1.59. The molecule has 11 heteroatoms. The van der Waals surface area contributed by atoms with E-state index in [0.717, 1.165) is 47.8 Å². The van der Waals surface area contributed by atoms with Crippen LogP contribution in [0.3, 0.4) is 0 Å². The molecule has 34 heavy (non-hydrogen) atoms. The summed E-state index contributed by atoms with van der Waals surface area (Å²) < 4.78 is 6.39. The van der Waals surface area contributed by atoms with E-state index in [1.165, 1.54) is 0 Å². The maximum Gasteiger partial charge on any atom is 0.229 e. The Labute approximate surface area is 213 Å². The quantitative estimate of drug-likeness (QED) is 0.441. The maximum absolute atomic E-state index is 6.68. The topological polar surface area (TPSA) is 81.7 Å². The van der Waals surface area contributed by atoms with E-state index in [2.05, 4.69) is 58.4 Å². The molecule has 2 N–H and O–H groups in total. The highest BCUT2D eigenvalue weighted by molar-refractivity contribution is 9.10. The first kappa shape index (κ1) is 24.3. The average Bonchev–Trinajstić information content (AvgIpc) is 2.82. The minimum Gasteiger partial charge on any atom is -0.494 e. The number of nitrogens with zero attached hydrogens (tertiary/aromatic N) is 6. The van der Waals surface area contributed by atoms with Crippen LogP contribution in [-0.4, -0.2) is 74.3 Å². The molecule has 1 fully saturated rings. The highest BCUT2D eigenvalue weighted by Crippen LogP contribution is 2.38. The lowest BCUT2D eigenvalue weighted by molar-refractivity contribution is 0.312. The molecule has 9 nitrogen and oxygen atoms in total. The van der Waals surface area contributed by atoms with E-state index in [9.17, 15) is 0 Å². The number of benzene rings is 1. The number of hydrogen-bond acceptors (Lipinski definition) is 9. The van der Waals surface area contributed by atoms with Crippen molar-refractivity contribution in [3.05, 3.63) is 46.2 Å². The summed E-state index contributed by atoms with van der Waals surface area (Å²) in [4.78, 5) is 20.0. The molecule has 3 heterocycles. The van der Waals surface area contributed by atoms with Crippen molar-refractivity contribution < 1.29 is 4.74 Å². The van der Waals surface area contributed by atoms with Crippen molar-refractivity contribution in [3.63, 3.8) is 0 Å². The Hall–Kier alpha value is -2.82. The van der Waals surface area contributed by atoms with Crippen LogP contribution in [0.2, 0.25) is 5.02 Å². The average molecular weight is 548 g/mol. The second-order valence-corrected chi connectivity index (χ2v) is 9.46. The highest BCUT2D eigenvalue weighted by atomic mass is 79.9. The van der Waals surface area contributed by atoms with Crippen molar-refractivity contribution in [1.82, 2.24) is 19.9 Å². The van der Waals surface area contributed by atoms with Crippen molar-refractivity contribution in [1.29, 1.82) is 0 Å². The predicted octanol–water partition coefficient (Wildman–Crippen LogP) is 4.60. The molecule has 180 valence electrons. The van der Waals surface area contributed by atoms with Gasteiger partial charge in [0.15, 0.2) is 5.82 Å². The van der Waals surface area contributed by atoms with Crippen LogP contribution in [0.15, 0.2) is 41.1 Å². The molecule has 1 aliphatic rings. The van der Waals surface area contributed by atoms with Gasteiger partial charge in [0.2, 0.25) is 5.95 Å². The second kappa shape index (κ2) is 10.6. The van der Waals surface area contributed by atoms with E-state index in [1.807, 2.05) is 43.3 Å². The van der Waals surface area contributed by atoms with E-state index in [4.69, 9.17) is 16.3 Å². The predicted molar refractivity (Wildman–Crippen MR) is 143 cm³/mol. The van der Waals surface area contributed by atoms with Crippen molar-refractivity contribution in [2.45, 2.75) is 0 Å². The van der Waals surface area contributed by atoms with Gasteiger partial charge in [0.05, 0.1) is 33.7 Å². The van der Waals surface area contributed by atoms with Gasteiger partial charge in [-0.3, -0.25) is 0 Å². The van der Waals surface area contributed by atoms with Gasteiger partial charge < -0.3 is 30.1 Å². The van der Waals surface area contributed by atoms with Gasteiger partial charge in [-0.05, 0) is 41.2 Å². The minimum atomic E-state index is 0.405. The van der Waals surface area contributed by atoms with Crippen molar-refractivity contribution in [2.24, 2.45) is 0 Å². The Bertz CT molecular complexity index is 1150. The zero-order valence-corrected chi connectivity index (χ0v) is 22.0. The normalized spacial score (nSPS) is 14.1. The van der Waals surface area contributed by atoms with Crippen LogP contribution in [0.5, 0.6) is 5.75 Å². The molecule has 0 bridgehead atoms. The fourth-order valence-corrected chi connectivity index (χ4v) is 4.29. The summed E-state index contributed by atoms with van der Waals surface area (Å²) in [6, 6.07) is 7.65. The van der Waals surface area contributed by atoms with Gasteiger partial charge in [-0.1, -0.05) is 11.6 Å². The van der Waals surface area contributed by atoms with E-state index < -0.39 is 0 Å². The molecule has 1 aliphatic heterocycles. The Morgan fingerprint density at radius 2 is 1.85 bits per heavy atom. The summed E-state index contributed by atoms with van der Waals surface area (Å²) >= 11 is 10.2. The third-order valence-corrected chi connectivity index (χ3v) is 6.45. The van der Waals surface area contributed by atoms with Crippen molar-refractivity contribution >= 4 is 62.2 Å². The number of halogens is 2. The molecule has 0 radical (unpaired) electrons. The lowest BCUT2D eigenvalue weighted by atomic mass is 10.2. The van der Waals surface area contributed by atoms with Crippen LogP contribution in [0.25, 0.3) is 0 Å². The Kier molecular flexibility index (Phi) is 7.60. The van der Waals surface area contributed by atoms with Gasteiger partial charge >= 0.3 is 0 Å². The molecule has 0 unspecified atom stereocenters. The molecule has 3 aromatic rings. The van der Waals surface area contributed by atoms with Crippen LogP contribution in [-0.2, 0) is 0 Å². The molecule has 1 aromatic carbocycles. The molecule has 4 rings (SSSR count). The molecular formula is C23H28BrClN8O. The molecule has 0 atom stereocenters. The lowest BCUT2D eigenvalue weighted by Crippen LogP contribution is -2.44. The van der Waals surface area contributed by atoms with Crippen LogP contribution >= 0.6 is 27.5 Å². The zero-order chi connectivity index (χ0) is 24.2. The summed E-state index contributed by atoms with van der Waals surface area (Å²) in [7, 11) is 7.65. The van der Waals surface area contributed by atoms with Gasteiger partial charge in [-0.2, -0.15) is 4.98 Å². The Morgan fingerprint density at radius 3 is 2.56 bits per heavy atom. The molecule has 0 amide bonds. The zero-order valence-electron chi connectivity index (χ0n) is 19.6. The van der Waals surface area contributed by atoms with Gasteiger partial charge in [-0.25, -0.2) is 9.97 Å². The number of ether oxygens (including phenoxy) is 1. The molecule has 0 saturated carbocycles. The third kappa shape index (κ3) is 5.45. The van der Waals surface area contributed by atoms with Crippen LogP contribution < -0.4 is 25.2 Å². The standard InChI is InChI=1S/C23H28BrClN8O/c1-31(2)22-17(6-5-7-26-22)28-21-15(24)14-27-23(30-21)29-18-12-16(25)19(13-20(18)34-4)33-10-8-32(3)9-11-33/h5-7,12-14H,8-11H2,1-4H3,(H2,27,28,29,30). The number of pyridine rings is 1. The van der Waals surface area contributed by atoms with Gasteiger partial charge in [0.1, 0.15) is 11.6 Å². The fourth-order valence-electron chi connectivity index (χ4n) is 3.71. The summed E-state index contributed by atoms with van der Waals surface area (Å²) in [6.07, 6.45) is 3.44. The van der Waals surface area contributed by atoms with Gasteiger partial charge in [0.25, 0.3) is 0 Å². The largest absolute Gasteiger partial charge is 0.494 e. The number of piperazine rings is 1.